The molecule has 1 saturated heterocycles. The van der Waals surface area contributed by atoms with Gasteiger partial charge in [-0.05, 0) is 26.7 Å². The first-order valence-electron chi connectivity index (χ1n) is 8.34. The Morgan fingerprint density at radius 2 is 1.53 bits per heavy atom. The van der Waals surface area contributed by atoms with Crippen LogP contribution in [-0.2, 0) is 4.74 Å². The van der Waals surface area contributed by atoms with Gasteiger partial charge in [-0.15, -0.1) is 0 Å². The van der Waals surface area contributed by atoms with E-state index in [-0.39, 0.29) is 5.60 Å². The second-order valence-electron chi connectivity index (χ2n) is 6.98. The van der Waals surface area contributed by atoms with Crippen molar-refractivity contribution in [2.75, 3.05) is 6.61 Å². The van der Waals surface area contributed by atoms with E-state index in [0.717, 1.165) is 19.3 Å². The van der Waals surface area contributed by atoms with Gasteiger partial charge in [0.25, 0.3) is 0 Å². The van der Waals surface area contributed by atoms with Crippen molar-refractivity contribution >= 4 is 0 Å². The van der Waals surface area contributed by atoms with Crippen molar-refractivity contribution in [1.29, 1.82) is 0 Å². The maximum atomic E-state index is 10.6. The largest absolute Gasteiger partial charge is 0.390 e. The molecule has 0 radical (unpaired) electrons. The van der Waals surface area contributed by atoms with Crippen molar-refractivity contribution in [1.82, 2.24) is 0 Å². The lowest BCUT2D eigenvalue weighted by Gasteiger charge is -2.41. The van der Waals surface area contributed by atoms with Crippen LogP contribution in [0.4, 0.5) is 0 Å². The average molecular weight is 270 g/mol. The van der Waals surface area contributed by atoms with Gasteiger partial charge in [-0.1, -0.05) is 58.3 Å². The molecule has 1 heterocycles. The summed E-state index contributed by atoms with van der Waals surface area (Å²) in [6.07, 6.45) is 13.2. The quantitative estimate of drug-likeness (QED) is 0.608. The van der Waals surface area contributed by atoms with E-state index in [1.165, 1.54) is 51.4 Å². The summed E-state index contributed by atoms with van der Waals surface area (Å²) in [6, 6.07) is 0. The van der Waals surface area contributed by atoms with Crippen molar-refractivity contribution in [3.8, 4) is 0 Å². The standard InChI is InChI=1S/C17H34O2/c1-4-5-6-7-8-9-10-11-12-17(18)13-14-19-16(2,3)15-17/h18H,4-15H2,1-3H3. The summed E-state index contributed by atoms with van der Waals surface area (Å²) in [6.45, 7) is 7.15. The van der Waals surface area contributed by atoms with E-state index < -0.39 is 5.60 Å². The van der Waals surface area contributed by atoms with Gasteiger partial charge < -0.3 is 9.84 Å². The SMILES string of the molecule is CCCCCCCCCCC1(O)CCOC(C)(C)C1. The van der Waals surface area contributed by atoms with Crippen LogP contribution >= 0.6 is 0 Å². The molecule has 114 valence electrons. The predicted molar refractivity (Wildman–Crippen MR) is 81.4 cm³/mol. The fraction of sp³-hybridized carbons (Fsp3) is 1.00. The number of hydrogen-bond acceptors (Lipinski definition) is 2. The summed E-state index contributed by atoms with van der Waals surface area (Å²) in [7, 11) is 0. The van der Waals surface area contributed by atoms with Crippen LogP contribution in [0.5, 0.6) is 0 Å². The Morgan fingerprint density at radius 3 is 2.11 bits per heavy atom. The van der Waals surface area contributed by atoms with Crippen LogP contribution in [0.2, 0.25) is 0 Å². The van der Waals surface area contributed by atoms with Crippen molar-refractivity contribution in [3.05, 3.63) is 0 Å². The molecule has 0 aromatic heterocycles. The van der Waals surface area contributed by atoms with Crippen molar-refractivity contribution in [2.24, 2.45) is 0 Å². The molecule has 1 aliphatic rings. The predicted octanol–water partition coefficient (Wildman–Crippen LogP) is 4.84. The van der Waals surface area contributed by atoms with Gasteiger partial charge in [-0.3, -0.25) is 0 Å². The van der Waals surface area contributed by atoms with Crippen LogP contribution in [0.25, 0.3) is 0 Å². The second kappa shape index (κ2) is 8.26. The molecule has 2 nitrogen and oxygen atoms in total. The third-order valence-corrected chi connectivity index (χ3v) is 4.31. The minimum Gasteiger partial charge on any atom is -0.390 e. The minimum atomic E-state index is -0.468. The first-order chi connectivity index (χ1) is 8.97. The highest BCUT2D eigenvalue weighted by molar-refractivity contribution is 4.90. The van der Waals surface area contributed by atoms with Crippen molar-refractivity contribution in [2.45, 2.75) is 103 Å². The molecule has 1 rings (SSSR count). The van der Waals surface area contributed by atoms with Crippen LogP contribution < -0.4 is 0 Å². The third kappa shape index (κ3) is 7.31. The Kier molecular flexibility index (Phi) is 7.38. The molecule has 0 bridgehead atoms. The maximum Gasteiger partial charge on any atom is 0.0697 e. The Labute approximate surface area is 119 Å². The summed E-state index contributed by atoms with van der Waals surface area (Å²) < 4.78 is 5.68. The molecule has 0 aromatic carbocycles. The highest BCUT2D eigenvalue weighted by Crippen LogP contribution is 2.35. The van der Waals surface area contributed by atoms with Crippen LogP contribution in [0.15, 0.2) is 0 Å². The summed E-state index contributed by atoms with van der Waals surface area (Å²) in [5, 5.41) is 10.6. The van der Waals surface area contributed by atoms with E-state index in [1.807, 2.05) is 0 Å². The third-order valence-electron chi connectivity index (χ3n) is 4.31. The lowest BCUT2D eigenvalue weighted by Crippen LogP contribution is -2.45. The molecule has 1 N–H and O–H groups in total. The molecule has 1 aliphatic heterocycles. The van der Waals surface area contributed by atoms with Crippen LogP contribution in [-0.4, -0.2) is 22.9 Å². The van der Waals surface area contributed by atoms with Gasteiger partial charge in [0.15, 0.2) is 0 Å². The minimum absolute atomic E-state index is 0.146. The summed E-state index contributed by atoms with van der Waals surface area (Å²) in [5.74, 6) is 0. The van der Waals surface area contributed by atoms with E-state index in [4.69, 9.17) is 4.74 Å². The summed E-state index contributed by atoms with van der Waals surface area (Å²) in [5.41, 5.74) is -0.614. The van der Waals surface area contributed by atoms with Gasteiger partial charge >= 0.3 is 0 Å². The molecular weight excluding hydrogens is 236 g/mol. The van der Waals surface area contributed by atoms with Crippen LogP contribution in [0.1, 0.15) is 91.4 Å². The fourth-order valence-corrected chi connectivity index (χ4v) is 3.25. The molecule has 0 amide bonds. The molecule has 1 atom stereocenters. The highest BCUT2D eigenvalue weighted by atomic mass is 16.5. The number of rotatable bonds is 9. The normalized spacial score (nSPS) is 26.5. The molecular formula is C17H34O2. The first kappa shape index (κ1) is 17.0. The molecule has 1 unspecified atom stereocenters. The Bertz CT molecular complexity index is 237. The second-order valence-corrected chi connectivity index (χ2v) is 6.98. The molecule has 0 saturated carbocycles. The maximum absolute atomic E-state index is 10.6. The van der Waals surface area contributed by atoms with E-state index in [0.29, 0.717) is 6.61 Å². The smallest absolute Gasteiger partial charge is 0.0697 e. The van der Waals surface area contributed by atoms with E-state index in [9.17, 15) is 5.11 Å². The van der Waals surface area contributed by atoms with Gasteiger partial charge in [0.2, 0.25) is 0 Å². The van der Waals surface area contributed by atoms with Gasteiger partial charge in [0.05, 0.1) is 17.8 Å². The van der Waals surface area contributed by atoms with Crippen LogP contribution in [0.3, 0.4) is 0 Å². The summed E-state index contributed by atoms with van der Waals surface area (Å²) in [4.78, 5) is 0. The number of aliphatic hydroxyl groups is 1. The topological polar surface area (TPSA) is 29.5 Å². The molecule has 0 spiro atoms. The molecule has 2 heteroatoms. The Morgan fingerprint density at radius 1 is 0.947 bits per heavy atom. The molecule has 1 fully saturated rings. The summed E-state index contributed by atoms with van der Waals surface area (Å²) >= 11 is 0. The Balaban J connectivity index is 2.05. The lowest BCUT2D eigenvalue weighted by molar-refractivity contribution is -0.147. The van der Waals surface area contributed by atoms with Crippen molar-refractivity contribution < 1.29 is 9.84 Å². The molecule has 0 aliphatic carbocycles. The van der Waals surface area contributed by atoms with Gasteiger partial charge in [0, 0.05) is 6.42 Å². The Hall–Kier alpha value is -0.0800. The van der Waals surface area contributed by atoms with Gasteiger partial charge in [0.1, 0.15) is 0 Å². The number of unbranched alkanes of at least 4 members (excludes halogenated alkanes) is 7. The number of hydrogen-bond donors (Lipinski definition) is 1. The van der Waals surface area contributed by atoms with Gasteiger partial charge in [-0.2, -0.15) is 0 Å². The van der Waals surface area contributed by atoms with Crippen molar-refractivity contribution in [3.63, 3.8) is 0 Å². The van der Waals surface area contributed by atoms with Gasteiger partial charge in [-0.25, -0.2) is 0 Å². The lowest BCUT2D eigenvalue weighted by atomic mass is 9.81. The molecule has 19 heavy (non-hydrogen) atoms. The fourth-order valence-electron chi connectivity index (χ4n) is 3.25. The highest BCUT2D eigenvalue weighted by Gasteiger charge is 2.38. The number of ether oxygens (including phenoxy) is 1. The zero-order valence-electron chi connectivity index (χ0n) is 13.3. The average Bonchev–Trinajstić information content (AvgIpc) is 2.31. The zero-order chi connectivity index (χ0) is 14.2. The van der Waals surface area contributed by atoms with E-state index in [2.05, 4.69) is 20.8 Å². The van der Waals surface area contributed by atoms with Crippen LogP contribution in [0, 0.1) is 0 Å². The molecule has 0 aromatic rings. The monoisotopic (exact) mass is 270 g/mol. The van der Waals surface area contributed by atoms with E-state index in [1.54, 1.807) is 0 Å². The zero-order valence-corrected chi connectivity index (χ0v) is 13.3. The first-order valence-corrected chi connectivity index (χ1v) is 8.34. The van der Waals surface area contributed by atoms with E-state index >= 15 is 0 Å².